The lowest BCUT2D eigenvalue weighted by Gasteiger charge is -2.45. The van der Waals surface area contributed by atoms with E-state index in [0.717, 1.165) is 13.1 Å². The molecule has 1 aromatic rings. The van der Waals surface area contributed by atoms with Crippen LogP contribution < -0.4 is 10.1 Å². The van der Waals surface area contributed by atoms with Gasteiger partial charge in [-0.1, -0.05) is 23.7 Å². The topological polar surface area (TPSA) is 50.8 Å². The lowest BCUT2D eigenvalue weighted by molar-refractivity contribution is -0.128. The first-order valence-corrected chi connectivity index (χ1v) is 9.16. The number of hydrogen-bond donors (Lipinski definition) is 1. The van der Waals surface area contributed by atoms with E-state index in [9.17, 15) is 4.79 Å². The number of para-hydroxylation sites is 1. The fourth-order valence-corrected chi connectivity index (χ4v) is 3.20. The van der Waals surface area contributed by atoms with Gasteiger partial charge in [-0.15, -0.1) is 0 Å². The molecule has 0 radical (unpaired) electrons. The minimum atomic E-state index is -0.613. The van der Waals surface area contributed by atoms with Crippen LogP contribution in [0.15, 0.2) is 24.3 Å². The van der Waals surface area contributed by atoms with Crippen LogP contribution in [-0.4, -0.2) is 54.3 Å². The molecule has 0 bridgehead atoms. The van der Waals surface area contributed by atoms with Gasteiger partial charge in [0.25, 0.3) is 5.91 Å². The summed E-state index contributed by atoms with van der Waals surface area (Å²) in [6.45, 7) is 12.4. The Labute approximate surface area is 155 Å². The molecule has 1 aliphatic rings. The lowest BCUT2D eigenvalue weighted by atomic mass is 10.00. The average molecular weight is 369 g/mol. The van der Waals surface area contributed by atoms with Crippen LogP contribution in [0.5, 0.6) is 5.75 Å². The van der Waals surface area contributed by atoms with Gasteiger partial charge in [-0.25, -0.2) is 0 Å². The summed E-state index contributed by atoms with van der Waals surface area (Å²) >= 11 is 6.08. The maximum atomic E-state index is 12.4. The average Bonchev–Trinajstić information content (AvgIpc) is 2.54. The molecule has 0 unspecified atom stereocenters. The van der Waals surface area contributed by atoms with Crippen LogP contribution in [0.3, 0.4) is 0 Å². The number of benzene rings is 1. The van der Waals surface area contributed by atoms with Gasteiger partial charge in [0.15, 0.2) is 6.10 Å². The molecule has 0 aliphatic carbocycles. The molecule has 0 saturated carbocycles. The number of carbonyl (C=O) groups is 1. The molecule has 140 valence electrons. The number of nitrogens with one attached hydrogen (secondary N) is 1. The van der Waals surface area contributed by atoms with Crippen LogP contribution >= 0.6 is 11.6 Å². The Balaban J connectivity index is 1.88. The van der Waals surface area contributed by atoms with E-state index in [0.29, 0.717) is 17.3 Å². The number of hydrogen-bond acceptors (Lipinski definition) is 4. The van der Waals surface area contributed by atoms with Gasteiger partial charge in [0.1, 0.15) is 5.75 Å². The summed E-state index contributed by atoms with van der Waals surface area (Å²) < 4.78 is 11.5. The molecule has 1 N–H and O–H groups in total. The normalized spacial score (nSPS) is 23.1. The summed E-state index contributed by atoms with van der Waals surface area (Å²) in [6, 6.07) is 7.15. The van der Waals surface area contributed by atoms with Crippen molar-refractivity contribution >= 4 is 17.5 Å². The van der Waals surface area contributed by atoms with Gasteiger partial charge >= 0.3 is 0 Å². The second kappa shape index (κ2) is 8.39. The van der Waals surface area contributed by atoms with E-state index in [1.807, 2.05) is 12.1 Å². The van der Waals surface area contributed by atoms with Gasteiger partial charge in [0.05, 0.1) is 17.2 Å². The second-order valence-electron chi connectivity index (χ2n) is 7.38. The highest BCUT2D eigenvalue weighted by Crippen LogP contribution is 2.24. The first kappa shape index (κ1) is 20.0. The Morgan fingerprint density at radius 3 is 2.56 bits per heavy atom. The summed E-state index contributed by atoms with van der Waals surface area (Å²) in [4.78, 5) is 14.8. The van der Waals surface area contributed by atoms with Crippen LogP contribution in [0.2, 0.25) is 5.02 Å². The van der Waals surface area contributed by atoms with Gasteiger partial charge in [-0.3, -0.25) is 9.69 Å². The molecule has 2 rings (SSSR count). The molecular formula is C19H29ClN2O3. The third-order valence-corrected chi connectivity index (χ3v) is 4.79. The Hall–Kier alpha value is -1.30. The Kier molecular flexibility index (Phi) is 6.72. The third kappa shape index (κ3) is 5.59. The molecule has 0 spiro atoms. The fourth-order valence-electron chi connectivity index (χ4n) is 3.02. The zero-order chi connectivity index (χ0) is 18.6. The first-order chi connectivity index (χ1) is 11.7. The van der Waals surface area contributed by atoms with E-state index in [2.05, 4.69) is 37.9 Å². The number of amides is 1. The molecule has 1 aromatic carbocycles. The zero-order valence-electron chi connectivity index (χ0n) is 15.7. The number of carbonyl (C=O) groups excluding carboxylic acids is 1. The van der Waals surface area contributed by atoms with E-state index >= 15 is 0 Å². The highest BCUT2D eigenvalue weighted by molar-refractivity contribution is 6.32. The number of ether oxygens (including phenoxy) is 2. The van der Waals surface area contributed by atoms with Gasteiger partial charge < -0.3 is 14.8 Å². The molecule has 1 aliphatic heterocycles. The lowest BCUT2D eigenvalue weighted by Crippen LogP contribution is -2.59. The molecule has 1 saturated heterocycles. The van der Waals surface area contributed by atoms with Crippen molar-refractivity contribution in [3.05, 3.63) is 29.3 Å². The molecule has 3 atom stereocenters. The van der Waals surface area contributed by atoms with E-state index in [-0.39, 0.29) is 23.7 Å². The van der Waals surface area contributed by atoms with Gasteiger partial charge in [-0.2, -0.15) is 0 Å². The highest BCUT2D eigenvalue weighted by atomic mass is 35.5. The highest BCUT2D eigenvalue weighted by Gasteiger charge is 2.33. The van der Waals surface area contributed by atoms with Crippen LogP contribution in [0.4, 0.5) is 0 Å². The van der Waals surface area contributed by atoms with Crippen LogP contribution in [0.25, 0.3) is 0 Å². The summed E-state index contributed by atoms with van der Waals surface area (Å²) in [7, 11) is 0. The minimum Gasteiger partial charge on any atom is -0.479 e. The Morgan fingerprint density at radius 2 is 1.96 bits per heavy atom. The van der Waals surface area contributed by atoms with Crippen molar-refractivity contribution in [2.75, 3.05) is 19.6 Å². The summed E-state index contributed by atoms with van der Waals surface area (Å²) in [5.74, 6) is 0.365. The van der Waals surface area contributed by atoms with Crippen molar-refractivity contribution in [1.29, 1.82) is 0 Å². The Bertz CT molecular complexity index is 584. The maximum absolute atomic E-state index is 12.4. The monoisotopic (exact) mass is 368 g/mol. The first-order valence-electron chi connectivity index (χ1n) is 8.78. The van der Waals surface area contributed by atoms with Crippen LogP contribution in [-0.2, 0) is 9.53 Å². The third-order valence-electron chi connectivity index (χ3n) is 4.48. The van der Waals surface area contributed by atoms with Crippen LogP contribution in [0.1, 0.15) is 34.6 Å². The van der Waals surface area contributed by atoms with Gasteiger partial charge in [0, 0.05) is 25.2 Å². The van der Waals surface area contributed by atoms with Gasteiger partial charge in [0.2, 0.25) is 0 Å². The molecule has 1 fully saturated rings. The molecule has 1 amide bonds. The standard InChI is InChI=1S/C19H29ClN2O3/c1-13-10-22(11-14(2)24-13)19(4,5)12-21-18(23)15(3)25-17-9-7-6-8-16(17)20/h6-9,13-15H,10-12H2,1-5H3,(H,21,23)/t13-,14+,15-/m1/s1. The summed E-state index contributed by atoms with van der Waals surface area (Å²) in [5.41, 5.74) is -0.161. The maximum Gasteiger partial charge on any atom is 0.260 e. The van der Waals surface area contributed by atoms with E-state index in [4.69, 9.17) is 21.1 Å². The fraction of sp³-hybridized carbons (Fsp3) is 0.632. The SMILES string of the molecule is C[C@@H]1CN(C(C)(C)CNC(=O)[C@@H](C)Oc2ccccc2Cl)C[C@H](C)O1. The zero-order valence-corrected chi connectivity index (χ0v) is 16.5. The van der Waals surface area contributed by atoms with Crippen molar-refractivity contribution in [2.45, 2.75) is 58.5 Å². The predicted octanol–water partition coefficient (Wildman–Crippen LogP) is 3.11. The molecule has 1 heterocycles. The summed E-state index contributed by atoms with van der Waals surface area (Å²) in [5, 5.41) is 3.50. The minimum absolute atomic E-state index is 0.151. The van der Waals surface area contributed by atoms with E-state index in [1.54, 1.807) is 19.1 Å². The molecule has 5 nitrogen and oxygen atoms in total. The van der Waals surface area contributed by atoms with Crippen molar-refractivity contribution in [2.24, 2.45) is 0 Å². The van der Waals surface area contributed by atoms with E-state index < -0.39 is 6.10 Å². The predicted molar refractivity (Wildman–Crippen MR) is 100 cm³/mol. The molecule has 0 aromatic heterocycles. The summed E-state index contributed by atoms with van der Waals surface area (Å²) in [6.07, 6.45) is -0.222. The van der Waals surface area contributed by atoms with Crippen molar-refractivity contribution in [3.8, 4) is 5.75 Å². The van der Waals surface area contributed by atoms with Crippen LogP contribution in [0, 0.1) is 0 Å². The quantitative estimate of drug-likeness (QED) is 0.838. The second-order valence-corrected chi connectivity index (χ2v) is 7.79. The number of halogens is 1. The number of morpholine rings is 1. The molecular weight excluding hydrogens is 340 g/mol. The largest absolute Gasteiger partial charge is 0.479 e. The molecule has 6 heteroatoms. The molecule has 25 heavy (non-hydrogen) atoms. The van der Waals surface area contributed by atoms with Crippen molar-refractivity contribution < 1.29 is 14.3 Å². The van der Waals surface area contributed by atoms with Crippen molar-refractivity contribution in [3.63, 3.8) is 0 Å². The smallest absolute Gasteiger partial charge is 0.260 e. The van der Waals surface area contributed by atoms with Gasteiger partial charge in [-0.05, 0) is 46.8 Å². The Morgan fingerprint density at radius 1 is 1.36 bits per heavy atom. The van der Waals surface area contributed by atoms with E-state index in [1.165, 1.54) is 0 Å². The number of rotatable bonds is 6. The van der Waals surface area contributed by atoms with Crippen molar-refractivity contribution in [1.82, 2.24) is 10.2 Å². The number of nitrogens with zero attached hydrogens (tertiary/aromatic N) is 1.